The van der Waals surface area contributed by atoms with Crippen molar-refractivity contribution in [3.8, 4) is 0 Å². The van der Waals surface area contributed by atoms with Gasteiger partial charge in [0.15, 0.2) is 5.82 Å². The average Bonchev–Trinajstić information content (AvgIpc) is 2.58. The number of benzene rings is 1. The number of hydrogen-bond donors (Lipinski definition) is 0. The molecule has 0 aliphatic heterocycles. The van der Waals surface area contributed by atoms with Crippen LogP contribution in [0.15, 0.2) is 12.1 Å². The van der Waals surface area contributed by atoms with Crippen LogP contribution in [-0.2, 0) is 7.05 Å². The Hall–Kier alpha value is -1.82. The number of hydrogen-bond acceptors (Lipinski definition) is 4. The normalized spacial score (nSPS) is 10.8. The van der Waals surface area contributed by atoms with Gasteiger partial charge in [0, 0.05) is 27.2 Å². The first-order valence-corrected chi connectivity index (χ1v) is 5.28. The summed E-state index contributed by atoms with van der Waals surface area (Å²) in [7, 11) is 5.30. The van der Waals surface area contributed by atoms with Gasteiger partial charge in [-0.15, -0.1) is 0 Å². The van der Waals surface area contributed by atoms with Crippen LogP contribution in [0.2, 0.25) is 5.02 Å². The number of nitro benzene ring substituents is 1. The molecule has 0 unspecified atom stereocenters. The fourth-order valence-corrected chi connectivity index (χ4v) is 2.04. The molecule has 0 atom stereocenters. The number of halogens is 1. The van der Waals surface area contributed by atoms with Crippen LogP contribution in [0.1, 0.15) is 0 Å². The van der Waals surface area contributed by atoms with Crippen LogP contribution in [0.3, 0.4) is 0 Å². The second-order valence-electron chi connectivity index (χ2n) is 3.89. The highest BCUT2D eigenvalue weighted by atomic mass is 35.5. The summed E-state index contributed by atoms with van der Waals surface area (Å²) in [5.74, 6) is 0.621. The monoisotopic (exact) mass is 254 g/mol. The van der Waals surface area contributed by atoms with E-state index in [1.807, 2.05) is 14.1 Å². The first-order valence-electron chi connectivity index (χ1n) is 4.90. The lowest BCUT2D eigenvalue weighted by molar-refractivity contribution is -0.383. The minimum absolute atomic E-state index is 0.00694. The minimum atomic E-state index is -0.431. The molecule has 0 spiro atoms. The Kier molecular flexibility index (Phi) is 2.66. The Balaban J connectivity index is 2.93. The van der Waals surface area contributed by atoms with Gasteiger partial charge >= 0.3 is 0 Å². The van der Waals surface area contributed by atoms with Crippen LogP contribution in [0.25, 0.3) is 10.9 Å². The second kappa shape index (κ2) is 3.89. The molecular formula is C10H11ClN4O2. The number of anilines is 1. The summed E-state index contributed by atoms with van der Waals surface area (Å²) in [5.41, 5.74) is 0.443. The van der Waals surface area contributed by atoms with Crippen molar-refractivity contribution in [1.82, 2.24) is 9.78 Å². The molecule has 0 saturated carbocycles. The second-order valence-corrected chi connectivity index (χ2v) is 4.30. The van der Waals surface area contributed by atoms with Gasteiger partial charge in [0.05, 0.1) is 15.3 Å². The van der Waals surface area contributed by atoms with E-state index in [0.717, 1.165) is 0 Å². The van der Waals surface area contributed by atoms with E-state index in [2.05, 4.69) is 5.10 Å². The van der Waals surface area contributed by atoms with E-state index in [0.29, 0.717) is 21.7 Å². The van der Waals surface area contributed by atoms with E-state index in [1.165, 1.54) is 16.8 Å². The van der Waals surface area contributed by atoms with E-state index >= 15 is 0 Å². The Bertz CT molecular complexity index is 606. The molecule has 0 N–H and O–H groups in total. The van der Waals surface area contributed by atoms with Crippen molar-refractivity contribution in [1.29, 1.82) is 0 Å². The van der Waals surface area contributed by atoms with Crippen molar-refractivity contribution in [2.45, 2.75) is 0 Å². The highest BCUT2D eigenvalue weighted by Gasteiger charge is 2.22. The third-order valence-electron chi connectivity index (χ3n) is 2.52. The van der Waals surface area contributed by atoms with Crippen LogP contribution < -0.4 is 4.90 Å². The van der Waals surface area contributed by atoms with Gasteiger partial charge in [-0.1, -0.05) is 11.6 Å². The van der Waals surface area contributed by atoms with Crippen molar-refractivity contribution in [2.75, 3.05) is 19.0 Å². The van der Waals surface area contributed by atoms with Crippen LogP contribution in [0.4, 0.5) is 11.5 Å². The molecule has 0 bridgehead atoms. The highest BCUT2D eigenvalue weighted by molar-refractivity contribution is 6.36. The largest absolute Gasteiger partial charge is 0.361 e. The summed E-state index contributed by atoms with van der Waals surface area (Å²) in [6.07, 6.45) is 0. The van der Waals surface area contributed by atoms with Gasteiger partial charge in [-0.3, -0.25) is 14.8 Å². The van der Waals surface area contributed by atoms with E-state index in [9.17, 15) is 10.1 Å². The zero-order chi connectivity index (χ0) is 12.7. The van der Waals surface area contributed by atoms with Crippen molar-refractivity contribution in [2.24, 2.45) is 7.05 Å². The maximum atomic E-state index is 11.0. The summed E-state index contributed by atoms with van der Waals surface area (Å²) >= 11 is 6.09. The Labute approximate surface area is 103 Å². The van der Waals surface area contributed by atoms with Crippen molar-refractivity contribution < 1.29 is 4.92 Å². The van der Waals surface area contributed by atoms with Gasteiger partial charge in [-0.05, 0) is 6.07 Å². The molecule has 1 heterocycles. The molecule has 7 heteroatoms. The number of aryl methyl sites for hydroxylation is 1. The predicted molar refractivity (Wildman–Crippen MR) is 66.7 cm³/mol. The number of aromatic nitrogens is 2. The van der Waals surface area contributed by atoms with Gasteiger partial charge in [-0.25, -0.2) is 0 Å². The molecule has 1 aromatic heterocycles. The van der Waals surface area contributed by atoms with Gasteiger partial charge < -0.3 is 4.90 Å². The molecule has 0 radical (unpaired) electrons. The number of nitro groups is 1. The maximum absolute atomic E-state index is 11.0. The molecule has 0 saturated heterocycles. The molecule has 17 heavy (non-hydrogen) atoms. The third kappa shape index (κ3) is 1.70. The molecule has 0 amide bonds. The van der Waals surface area contributed by atoms with Crippen molar-refractivity contribution >= 4 is 34.0 Å². The van der Waals surface area contributed by atoms with Gasteiger partial charge in [0.25, 0.3) is 5.69 Å². The lowest BCUT2D eigenvalue weighted by Crippen LogP contribution is -2.10. The van der Waals surface area contributed by atoms with Gasteiger partial charge in [-0.2, -0.15) is 5.10 Å². The standard InChI is InChI=1S/C10H11ClN4O2/c1-13(2)10-8-6(11)4-5-7(15(16)17)9(8)14(3)12-10/h4-5H,1-3H3. The molecule has 2 rings (SSSR count). The number of nitrogens with zero attached hydrogens (tertiary/aromatic N) is 4. The van der Waals surface area contributed by atoms with Crippen LogP contribution >= 0.6 is 11.6 Å². The van der Waals surface area contributed by atoms with Gasteiger partial charge in [0.1, 0.15) is 5.52 Å². The first-order chi connectivity index (χ1) is 7.93. The summed E-state index contributed by atoms with van der Waals surface area (Å²) in [4.78, 5) is 12.3. The fourth-order valence-electron chi connectivity index (χ4n) is 1.80. The molecule has 1 aromatic carbocycles. The third-order valence-corrected chi connectivity index (χ3v) is 2.83. The smallest absolute Gasteiger partial charge is 0.295 e. The average molecular weight is 255 g/mol. The summed E-state index contributed by atoms with van der Waals surface area (Å²) in [5, 5.41) is 16.3. The molecule has 0 aliphatic carbocycles. The Morgan fingerprint density at radius 1 is 1.47 bits per heavy atom. The van der Waals surface area contributed by atoms with Crippen LogP contribution in [-0.4, -0.2) is 28.8 Å². The van der Waals surface area contributed by atoms with Crippen molar-refractivity contribution in [3.63, 3.8) is 0 Å². The fraction of sp³-hybridized carbons (Fsp3) is 0.300. The summed E-state index contributed by atoms with van der Waals surface area (Å²) in [6, 6.07) is 2.92. The lowest BCUT2D eigenvalue weighted by atomic mass is 10.2. The first kappa shape index (κ1) is 11.7. The quantitative estimate of drug-likeness (QED) is 0.609. The molecule has 6 nitrogen and oxygen atoms in total. The molecular weight excluding hydrogens is 244 g/mol. The van der Waals surface area contributed by atoms with Crippen LogP contribution in [0, 0.1) is 10.1 Å². The topological polar surface area (TPSA) is 64.2 Å². The zero-order valence-corrected chi connectivity index (χ0v) is 10.4. The highest BCUT2D eigenvalue weighted by Crippen LogP contribution is 2.36. The van der Waals surface area contributed by atoms with E-state index in [-0.39, 0.29) is 5.69 Å². The number of rotatable bonds is 2. The zero-order valence-electron chi connectivity index (χ0n) is 9.64. The predicted octanol–water partition coefficient (Wildman–Crippen LogP) is 2.20. The maximum Gasteiger partial charge on any atom is 0.295 e. The van der Waals surface area contributed by atoms with Crippen molar-refractivity contribution in [3.05, 3.63) is 27.3 Å². The Morgan fingerprint density at radius 3 is 2.65 bits per heavy atom. The lowest BCUT2D eigenvalue weighted by Gasteiger charge is -2.08. The van der Waals surface area contributed by atoms with Gasteiger partial charge in [0.2, 0.25) is 0 Å². The summed E-state index contributed by atoms with van der Waals surface area (Å²) in [6.45, 7) is 0. The minimum Gasteiger partial charge on any atom is -0.361 e. The molecule has 0 fully saturated rings. The number of fused-ring (bicyclic) bond motifs is 1. The SMILES string of the molecule is CN(C)c1nn(C)c2c([N+](=O)[O-])ccc(Cl)c12. The Morgan fingerprint density at radius 2 is 2.12 bits per heavy atom. The number of non-ortho nitro benzene ring substituents is 1. The summed E-state index contributed by atoms with van der Waals surface area (Å²) < 4.78 is 1.48. The molecule has 2 aromatic rings. The van der Waals surface area contributed by atoms with E-state index in [1.54, 1.807) is 11.9 Å². The van der Waals surface area contributed by atoms with E-state index in [4.69, 9.17) is 11.6 Å². The molecule has 0 aliphatic rings. The van der Waals surface area contributed by atoms with Crippen LogP contribution in [0.5, 0.6) is 0 Å². The van der Waals surface area contributed by atoms with E-state index < -0.39 is 4.92 Å². The molecule has 90 valence electrons.